The van der Waals surface area contributed by atoms with Crippen molar-refractivity contribution in [1.82, 2.24) is 0 Å². The highest BCUT2D eigenvalue weighted by atomic mass is 127. The van der Waals surface area contributed by atoms with Crippen LogP contribution in [0.3, 0.4) is 0 Å². The van der Waals surface area contributed by atoms with Gasteiger partial charge in [-0.05, 0) is 28.7 Å². The average Bonchev–Trinajstić information content (AvgIpc) is 2.45. The van der Waals surface area contributed by atoms with E-state index < -0.39 is 0 Å². The fourth-order valence-electron chi connectivity index (χ4n) is 0.826. The van der Waals surface area contributed by atoms with Crippen LogP contribution in [0.2, 0.25) is 0 Å². The molecule has 0 saturated carbocycles. The SMILES string of the molecule is CO/C(O)=C1/C=C(I)C=C1[N+]#N. The van der Waals surface area contributed by atoms with Crippen molar-refractivity contribution in [2.45, 2.75) is 0 Å². The molecule has 1 aliphatic rings. The first-order valence-electron chi connectivity index (χ1n) is 3.10. The molecule has 0 spiro atoms. The van der Waals surface area contributed by atoms with E-state index in [1.165, 1.54) is 7.11 Å². The van der Waals surface area contributed by atoms with Crippen LogP contribution in [0.15, 0.2) is 32.9 Å². The summed E-state index contributed by atoms with van der Waals surface area (Å²) in [6, 6.07) is 0. The molecular weight excluding hydrogens is 271 g/mol. The monoisotopic (exact) mass is 277 g/mol. The summed E-state index contributed by atoms with van der Waals surface area (Å²) in [5, 5.41) is 17.7. The lowest BCUT2D eigenvalue weighted by Gasteiger charge is -1.95. The number of ether oxygens (including phenoxy) is 1. The topological polar surface area (TPSA) is 57.6 Å². The van der Waals surface area contributed by atoms with Crippen molar-refractivity contribution < 1.29 is 9.84 Å². The molecule has 0 aromatic rings. The van der Waals surface area contributed by atoms with Crippen molar-refractivity contribution in [3.8, 4) is 0 Å². The highest BCUT2D eigenvalue weighted by molar-refractivity contribution is 14.1. The molecule has 1 N–H and O–H groups in total. The van der Waals surface area contributed by atoms with Crippen molar-refractivity contribution in [2.24, 2.45) is 0 Å². The molecule has 0 heterocycles. The molecule has 0 bridgehead atoms. The van der Waals surface area contributed by atoms with E-state index in [1.807, 2.05) is 22.6 Å². The molecule has 0 aliphatic heterocycles. The van der Waals surface area contributed by atoms with E-state index in [4.69, 9.17) is 5.39 Å². The Bertz CT molecular complexity index is 336. The Morgan fingerprint density at radius 2 is 2.33 bits per heavy atom. The van der Waals surface area contributed by atoms with Gasteiger partial charge in [0.2, 0.25) is 5.39 Å². The molecule has 0 saturated heterocycles. The van der Waals surface area contributed by atoms with E-state index in [1.54, 1.807) is 12.2 Å². The van der Waals surface area contributed by atoms with Gasteiger partial charge in [-0.1, -0.05) is 0 Å². The van der Waals surface area contributed by atoms with Gasteiger partial charge >= 0.3 is 5.70 Å². The van der Waals surface area contributed by atoms with Gasteiger partial charge in [-0.25, -0.2) is 0 Å². The smallest absolute Gasteiger partial charge is 0.400 e. The Morgan fingerprint density at radius 1 is 1.67 bits per heavy atom. The lowest BCUT2D eigenvalue weighted by Crippen LogP contribution is -1.90. The van der Waals surface area contributed by atoms with Gasteiger partial charge in [-0.3, -0.25) is 0 Å². The van der Waals surface area contributed by atoms with Gasteiger partial charge in [0.1, 0.15) is 0 Å². The largest absolute Gasteiger partial charge is 0.480 e. The number of hydrogen-bond donors (Lipinski definition) is 1. The van der Waals surface area contributed by atoms with Gasteiger partial charge in [0.15, 0.2) is 10.5 Å². The molecule has 12 heavy (non-hydrogen) atoms. The first kappa shape index (κ1) is 9.06. The molecule has 4 nitrogen and oxygen atoms in total. The number of diazo groups is 1. The average molecular weight is 277 g/mol. The zero-order chi connectivity index (χ0) is 9.14. The van der Waals surface area contributed by atoms with Gasteiger partial charge in [0.05, 0.1) is 7.11 Å². The van der Waals surface area contributed by atoms with Crippen LogP contribution < -0.4 is 0 Å². The van der Waals surface area contributed by atoms with Crippen molar-refractivity contribution in [3.63, 3.8) is 0 Å². The Labute approximate surface area is 83.0 Å². The molecular formula is C7H6IN2O2+. The fourth-order valence-corrected chi connectivity index (χ4v) is 1.43. The predicted octanol–water partition coefficient (Wildman–Crippen LogP) is 2.47. The second-order valence-electron chi connectivity index (χ2n) is 2.08. The van der Waals surface area contributed by atoms with Gasteiger partial charge in [-0.2, -0.15) is 0 Å². The van der Waals surface area contributed by atoms with Crippen LogP contribution in [-0.4, -0.2) is 12.2 Å². The Balaban J connectivity index is 3.12. The summed E-state index contributed by atoms with van der Waals surface area (Å²) in [5.74, 6) is -0.245. The third kappa shape index (κ3) is 1.58. The molecule has 0 atom stereocenters. The summed E-state index contributed by atoms with van der Waals surface area (Å²) >= 11 is 2.05. The molecule has 0 aromatic heterocycles. The zero-order valence-corrected chi connectivity index (χ0v) is 8.44. The molecule has 0 radical (unpaired) electrons. The Hall–Kier alpha value is -1.03. The molecule has 0 fully saturated rings. The normalized spacial score (nSPS) is 19.4. The summed E-state index contributed by atoms with van der Waals surface area (Å²) in [7, 11) is 1.34. The fraction of sp³-hybridized carbons (Fsp3) is 0.143. The zero-order valence-electron chi connectivity index (χ0n) is 6.28. The van der Waals surface area contributed by atoms with Gasteiger partial charge in [0.25, 0.3) is 5.95 Å². The van der Waals surface area contributed by atoms with E-state index in [9.17, 15) is 5.11 Å². The summed E-state index contributed by atoms with van der Waals surface area (Å²) in [6.45, 7) is 0. The maximum Gasteiger partial charge on any atom is 0.400 e. The van der Waals surface area contributed by atoms with Crippen LogP contribution in [0.4, 0.5) is 0 Å². The number of aliphatic hydroxyl groups is 1. The minimum absolute atomic E-state index is 0.245. The summed E-state index contributed by atoms with van der Waals surface area (Å²) in [5.41, 5.74) is 0.697. The van der Waals surface area contributed by atoms with Crippen LogP contribution in [0.1, 0.15) is 0 Å². The number of halogens is 1. The molecule has 0 unspecified atom stereocenters. The molecule has 0 aromatic carbocycles. The first-order valence-corrected chi connectivity index (χ1v) is 4.18. The molecule has 5 heteroatoms. The maximum atomic E-state index is 9.17. The van der Waals surface area contributed by atoms with Crippen LogP contribution >= 0.6 is 22.6 Å². The predicted molar refractivity (Wildman–Crippen MR) is 51.9 cm³/mol. The highest BCUT2D eigenvalue weighted by Gasteiger charge is 2.26. The minimum Gasteiger partial charge on any atom is -0.480 e. The van der Waals surface area contributed by atoms with Crippen molar-refractivity contribution >= 4 is 22.6 Å². The minimum atomic E-state index is -0.245. The maximum absolute atomic E-state index is 9.17. The molecule has 62 valence electrons. The van der Waals surface area contributed by atoms with Crippen molar-refractivity contribution in [1.29, 1.82) is 5.39 Å². The van der Waals surface area contributed by atoms with E-state index >= 15 is 0 Å². The van der Waals surface area contributed by atoms with Crippen LogP contribution in [0.5, 0.6) is 0 Å². The van der Waals surface area contributed by atoms with Gasteiger partial charge < -0.3 is 9.84 Å². The van der Waals surface area contributed by atoms with Crippen LogP contribution in [0.25, 0.3) is 4.98 Å². The molecule has 0 amide bonds. The van der Waals surface area contributed by atoms with Crippen molar-refractivity contribution in [2.75, 3.05) is 7.11 Å². The summed E-state index contributed by atoms with van der Waals surface area (Å²) in [4.78, 5) is 2.99. The number of hydrogen-bond acceptors (Lipinski definition) is 3. The number of methoxy groups -OCH3 is 1. The first-order chi connectivity index (χ1) is 5.69. The third-order valence-corrected chi connectivity index (χ3v) is 1.99. The van der Waals surface area contributed by atoms with Gasteiger partial charge in [0, 0.05) is 9.66 Å². The standard InChI is InChI=1S/C7H5IN2O2/c1-12-7(11)5-2-4(8)3-6(5)10-9/h2-3H,1H3/p+1/b7-5-. The third-order valence-electron chi connectivity index (χ3n) is 1.36. The van der Waals surface area contributed by atoms with E-state index in [2.05, 4.69) is 9.71 Å². The number of aliphatic hydroxyl groups excluding tert-OH is 1. The van der Waals surface area contributed by atoms with Gasteiger partial charge in [-0.15, -0.1) is 0 Å². The van der Waals surface area contributed by atoms with E-state index in [0.717, 1.165) is 3.58 Å². The number of allylic oxidation sites excluding steroid dienone is 3. The molecule has 1 aliphatic carbocycles. The number of rotatable bonds is 1. The lowest BCUT2D eigenvalue weighted by atomic mass is 10.3. The second-order valence-corrected chi connectivity index (χ2v) is 3.33. The van der Waals surface area contributed by atoms with E-state index in [0.29, 0.717) is 11.3 Å². The second kappa shape index (κ2) is 3.58. The highest BCUT2D eigenvalue weighted by Crippen LogP contribution is 2.29. The van der Waals surface area contributed by atoms with Crippen LogP contribution in [0, 0.1) is 5.39 Å². The lowest BCUT2D eigenvalue weighted by molar-refractivity contribution is 0.133. The quantitative estimate of drug-likeness (QED) is 0.455. The number of nitrogens with zero attached hydrogens (tertiary/aromatic N) is 2. The van der Waals surface area contributed by atoms with Crippen LogP contribution in [-0.2, 0) is 4.74 Å². The van der Waals surface area contributed by atoms with E-state index in [-0.39, 0.29) is 5.95 Å². The Kier molecular flexibility index (Phi) is 2.70. The molecule has 1 rings (SSSR count). The van der Waals surface area contributed by atoms with Crippen molar-refractivity contribution in [3.05, 3.63) is 37.9 Å². The summed E-state index contributed by atoms with van der Waals surface area (Å²) in [6.07, 6.45) is 3.29. The summed E-state index contributed by atoms with van der Waals surface area (Å²) < 4.78 is 5.46. The Morgan fingerprint density at radius 3 is 2.83 bits per heavy atom.